The summed E-state index contributed by atoms with van der Waals surface area (Å²) in [6.07, 6.45) is 9.56. The molecule has 2 aliphatic rings. The molecule has 3 heteroatoms. The Kier molecular flexibility index (Phi) is 2.00. The number of rotatable bonds is 4. The van der Waals surface area contributed by atoms with Gasteiger partial charge in [-0.15, -0.1) is 0 Å². The minimum absolute atomic E-state index is 0.282. The van der Waals surface area contributed by atoms with Crippen LogP contribution in [-0.4, -0.2) is 9.55 Å². The Morgan fingerprint density at radius 2 is 2.19 bits per heavy atom. The van der Waals surface area contributed by atoms with Gasteiger partial charge in [0.1, 0.15) is 0 Å². The highest BCUT2D eigenvalue weighted by atomic mass is 15.1. The summed E-state index contributed by atoms with van der Waals surface area (Å²) in [5, 5.41) is 0. The minimum Gasteiger partial charge on any atom is -0.332 e. The van der Waals surface area contributed by atoms with Gasteiger partial charge in [0.2, 0.25) is 0 Å². The molecule has 16 heavy (non-hydrogen) atoms. The van der Waals surface area contributed by atoms with Crippen LogP contribution in [0.15, 0.2) is 12.5 Å². The van der Waals surface area contributed by atoms with E-state index in [1.165, 1.54) is 31.4 Å². The molecule has 88 valence electrons. The molecule has 0 spiro atoms. The second-order valence-corrected chi connectivity index (χ2v) is 6.27. The summed E-state index contributed by atoms with van der Waals surface area (Å²) in [5.74, 6) is 0.989. The highest BCUT2D eigenvalue weighted by Gasteiger charge is 2.53. The van der Waals surface area contributed by atoms with Crippen molar-refractivity contribution in [1.82, 2.24) is 9.55 Å². The minimum atomic E-state index is -0.282. The topological polar surface area (TPSA) is 43.8 Å². The maximum atomic E-state index is 6.17. The first-order valence-corrected chi connectivity index (χ1v) is 6.31. The van der Waals surface area contributed by atoms with Crippen LogP contribution in [0.2, 0.25) is 0 Å². The lowest BCUT2D eigenvalue weighted by Gasteiger charge is -2.23. The van der Waals surface area contributed by atoms with Crippen molar-refractivity contribution in [3.8, 4) is 0 Å². The molecular formula is C13H21N3. The summed E-state index contributed by atoms with van der Waals surface area (Å²) in [6.45, 7) is 5.24. The van der Waals surface area contributed by atoms with E-state index in [2.05, 4.69) is 23.4 Å². The van der Waals surface area contributed by atoms with Crippen LogP contribution in [0.3, 0.4) is 0 Å². The van der Waals surface area contributed by atoms with Gasteiger partial charge in [-0.2, -0.15) is 0 Å². The molecule has 2 saturated carbocycles. The van der Waals surface area contributed by atoms with Crippen LogP contribution in [0.25, 0.3) is 0 Å². The van der Waals surface area contributed by atoms with Gasteiger partial charge in [0, 0.05) is 12.7 Å². The zero-order valence-electron chi connectivity index (χ0n) is 10.2. The Morgan fingerprint density at radius 1 is 1.50 bits per heavy atom. The lowest BCUT2D eigenvalue weighted by atomic mass is 9.98. The molecule has 1 aromatic rings. The normalized spacial score (nSPS) is 23.4. The number of nitrogens with zero attached hydrogens (tertiary/aromatic N) is 2. The number of nitrogens with two attached hydrogens (primary N) is 1. The number of imidazole rings is 1. The lowest BCUT2D eigenvalue weighted by molar-refractivity contribution is 0.351. The Labute approximate surface area is 97.0 Å². The summed E-state index contributed by atoms with van der Waals surface area (Å²) in [5.41, 5.74) is 7.67. The molecule has 0 atom stereocenters. The fraction of sp³-hybridized carbons (Fsp3) is 0.769. The quantitative estimate of drug-likeness (QED) is 0.844. The van der Waals surface area contributed by atoms with E-state index in [0.29, 0.717) is 5.41 Å². The zero-order chi connectivity index (χ0) is 11.4. The number of hydrogen-bond donors (Lipinski definition) is 1. The van der Waals surface area contributed by atoms with Gasteiger partial charge in [-0.1, -0.05) is 0 Å². The predicted octanol–water partition coefficient (Wildman–Crippen LogP) is 2.27. The molecule has 3 nitrogen and oxygen atoms in total. The van der Waals surface area contributed by atoms with Crippen LogP contribution in [0.1, 0.15) is 45.2 Å². The van der Waals surface area contributed by atoms with Crippen LogP contribution in [-0.2, 0) is 12.1 Å². The summed E-state index contributed by atoms with van der Waals surface area (Å²) < 4.78 is 2.28. The van der Waals surface area contributed by atoms with E-state index in [-0.39, 0.29) is 5.54 Å². The van der Waals surface area contributed by atoms with Gasteiger partial charge in [0.15, 0.2) is 0 Å². The van der Waals surface area contributed by atoms with Crippen LogP contribution in [0, 0.1) is 11.3 Å². The van der Waals surface area contributed by atoms with E-state index in [1.807, 2.05) is 12.5 Å². The first-order valence-electron chi connectivity index (χ1n) is 6.31. The lowest BCUT2D eigenvalue weighted by Crippen LogP contribution is -2.32. The Morgan fingerprint density at radius 3 is 2.69 bits per heavy atom. The fourth-order valence-electron chi connectivity index (χ4n) is 2.87. The molecule has 0 amide bonds. The van der Waals surface area contributed by atoms with Crippen LogP contribution in [0.5, 0.6) is 0 Å². The van der Waals surface area contributed by atoms with Crippen LogP contribution in [0.4, 0.5) is 0 Å². The van der Waals surface area contributed by atoms with Crippen molar-refractivity contribution in [2.24, 2.45) is 17.1 Å². The molecule has 2 aliphatic carbocycles. The van der Waals surface area contributed by atoms with Gasteiger partial charge in [-0.25, -0.2) is 4.98 Å². The number of hydrogen-bond acceptors (Lipinski definition) is 2. The van der Waals surface area contributed by atoms with E-state index in [1.54, 1.807) is 0 Å². The third-order valence-electron chi connectivity index (χ3n) is 4.19. The molecule has 0 aromatic carbocycles. The third-order valence-corrected chi connectivity index (χ3v) is 4.19. The van der Waals surface area contributed by atoms with Gasteiger partial charge in [0.05, 0.1) is 17.6 Å². The van der Waals surface area contributed by atoms with Crippen molar-refractivity contribution >= 4 is 0 Å². The average molecular weight is 219 g/mol. The van der Waals surface area contributed by atoms with E-state index < -0.39 is 0 Å². The second-order valence-electron chi connectivity index (χ2n) is 6.27. The van der Waals surface area contributed by atoms with Gasteiger partial charge in [0.25, 0.3) is 0 Å². The Balaban J connectivity index is 1.82. The van der Waals surface area contributed by atoms with Crippen molar-refractivity contribution in [2.75, 3.05) is 0 Å². The molecule has 0 bridgehead atoms. The molecule has 2 N–H and O–H groups in total. The smallest absolute Gasteiger partial charge is 0.0948 e. The first-order chi connectivity index (χ1) is 7.51. The van der Waals surface area contributed by atoms with Gasteiger partial charge >= 0.3 is 0 Å². The highest BCUT2D eigenvalue weighted by Crippen LogP contribution is 2.62. The molecule has 1 aromatic heterocycles. The van der Waals surface area contributed by atoms with Gasteiger partial charge in [-0.3, -0.25) is 0 Å². The Hall–Kier alpha value is -0.830. The number of aromatic nitrogens is 2. The van der Waals surface area contributed by atoms with Crippen LogP contribution < -0.4 is 5.73 Å². The molecule has 0 aliphatic heterocycles. The van der Waals surface area contributed by atoms with E-state index >= 15 is 0 Å². The average Bonchev–Trinajstić information content (AvgIpc) is 3.03. The van der Waals surface area contributed by atoms with E-state index in [9.17, 15) is 0 Å². The van der Waals surface area contributed by atoms with Crippen molar-refractivity contribution < 1.29 is 0 Å². The standard InChI is InChI=1S/C13H21N3/c1-12(2,14)11-7-15-9-16(11)8-13(5-6-13)10-3-4-10/h7,9-10H,3-6,8,14H2,1-2H3. The Bertz CT molecular complexity index is 392. The van der Waals surface area contributed by atoms with Crippen molar-refractivity contribution in [1.29, 1.82) is 0 Å². The summed E-state index contributed by atoms with van der Waals surface area (Å²) >= 11 is 0. The van der Waals surface area contributed by atoms with Crippen molar-refractivity contribution in [3.05, 3.63) is 18.2 Å². The molecule has 3 rings (SSSR count). The van der Waals surface area contributed by atoms with Gasteiger partial charge in [-0.05, 0) is 50.9 Å². The highest BCUT2D eigenvalue weighted by molar-refractivity contribution is 5.12. The molecule has 1 heterocycles. The second kappa shape index (κ2) is 3.10. The molecule has 2 fully saturated rings. The predicted molar refractivity (Wildman–Crippen MR) is 63.8 cm³/mol. The monoisotopic (exact) mass is 219 g/mol. The zero-order valence-corrected chi connectivity index (χ0v) is 10.2. The third kappa shape index (κ3) is 1.67. The summed E-state index contributed by atoms with van der Waals surface area (Å²) in [6, 6.07) is 0. The van der Waals surface area contributed by atoms with E-state index in [0.717, 1.165) is 12.5 Å². The van der Waals surface area contributed by atoms with E-state index in [4.69, 9.17) is 5.73 Å². The van der Waals surface area contributed by atoms with Crippen LogP contribution >= 0.6 is 0 Å². The van der Waals surface area contributed by atoms with Crippen molar-refractivity contribution in [2.45, 2.75) is 51.6 Å². The maximum absolute atomic E-state index is 6.17. The largest absolute Gasteiger partial charge is 0.332 e. The molecule has 0 radical (unpaired) electrons. The van der Waals surface area contributed by atoms with Crippen molar-refractivity contribution in [3.63, 3.8) is 0 Å². The summed E-state index contributed by atoms with van der Waals surface area (Å²) in [4.78, 5) is 4.26. The molecule has 0 unspecified atom stereocenters. The maximum Gasteiger partial charge on any atom is 0.0948 e. The SMILES string of the molecule is CC(C)(N)c1cncn1CC1(C2CC2)CC1. The summed E-state index contributed by atoms with van der Waals surface area (Å²) in [7, 11) is 0. The van der Waals surface area contributed by atoms with Gasteiger partial charge < -0.3 is 10.3 Å². The molecular weight excluding hydrogens is 198 g/mol. The fourth-order valence-corrected chi connectivity index (χ4v) is 2.87. The first kappa shape index (κ1) is 10.3. The molecule has 0 saturated heterocycles.